The van der Waals surface area contributed by atoms with Crippen molar-refractivity contribution in [2.45, 2.75) is 0 Å². The van der Waals surface area contributed by atoms with E-state index in [0.29, 0.717) is 5.56 Å². The number of nitrogens with zero attached hydrogens (tertiary/aromatic N) is 1. The summed E-state index contributed by atoms with van der Waals surface area (Å²) in [5.41, 5.74) is 2.43. The largest absolute Gasteiger partial charge is 0.478 e. The molecule has 0 bridgehead atoms. The third kappa shape index (κ3) is 2.41. The fraction of sp³-hybridized carbons (Fsp3) is 0. The Labute approximate surface area is 109 Å². The van der Waals surface area contributed by atoms with Crippen molar-refractivity contribution in [3.05, 3.63) is 59.4 Å². The Morgan fingerprint density at radius 1 is 1.33 bits per heavy atom. The van der Waals surface area contributed by atoms with Crippen LogP contribution in [0.5, 0.6) is 0 Å². The summed E-state index contributed by atoms with van der Waals surface area (Å²) < 4.78 is 0. The van der Waals surface area contributed by atoms with Gasteiger partial charge in [0.25, 0.3) is 0 Å². The van der Waals surface area contributed by atoms with Crippen LogP contribution in [0.15, 0.2) is 43.1 Å². The number of hydrogen-bond donors (Lipinski definition) is 1. The van der Waals surface area contributed by atoms with E-state index in [-0.39, 0.29) is 10.7 Å². The van der Waals surface area contributed by atoms with E-state index in [1.54, 1.807) is 12.1 Å². The number of carbonyl (C=O) groups is 1. The Morgan fingerprint density at radius 3 is 2.56 bits per heavy atom. The lowest BCUT2D eigenvalue weighted by Crippen LogP contribution is -2.00. The zero-order chi connectivity index (χ0) is 13.1. The maximum absolute atomic E-state index is 11.1. The molecule has 0 aliphatic carbocycles. The molecule has 0 atom stereocenters. The molecule has 0 fully saturated rings. The van der Waals surface area contributed by atoms with E-state index in [4.69, 9.17) is 16.7 Å². The molecule has 1 heterocycles. The number of carboxylic acid groups (broad SMARTS) is 1. The highest BCUT2D eigenvalue weighted by molar-refractivity contribution is 6.29. The molecule has 18 heavy (non-hydrogen) atoms. The molecule has 2 aromatic rings. The van der Waals surface area contributed by atoms with Crippen LogP contribution in [-0.4, -0.2) is 16.1 Å². The molecule has 0 amide bonds. The second-order valence-corrected chi connectivity index (χ2v) is 4.07. The minimum Gasteiger partial charge on any atom is -0.478 e. The average molecular weight is 260 g/mol. The molecule has 1 aromatic heterocycles. The molecule has 0 spiro atoms. The van der Waals surface area contributed by atoms with Gasteiger partial charge >= 0.3 is 5.97 Å². The molecule has 0 aliphatic rings. The number of aromatic carboxylic acids is 1. The number of aromatic nitrogens is 1. The van der Waals surface area contributed by atoms with E-state index in [9.17, 15) is 4.79 Å². The van der Waals surface area contributed by atoms with Gasteiger partial charge in [-0.1, -0.05) is 48.5 Å². The van der Waals surface area contributed by atoms with Gasteiger partial charge in [0.15, 0.2) is 0 Å². The van der Waals surface area contributed by atoms with E-state index in [1.165, 1.54) is 6.20 Å². The molecule has 0 aliphatic heterocycles. The Bertz CT molecular complexity index is 606. The summed E-state index contributed by atoms with van der Waals surface area (Å²) in [6.07, 6.45) is 2.99. The number of rotatable bonds is 3. The van der Waals surface area contributed by atoms with E-state index in [0.717, 1.165) is 11.1 Å². The van der Waals surface area contributed by atoms with Crippen LogP contribution in [0.4, 0.5) is 0 Å². The highest BCUT2D eigenvalue weighted by Crippen LogP contribution is 2.26. The standard InChI is InChI=1S/C14H10ClNO2/c1-2-9-3-5-10(6-4-9)11-7-13(15)16-8-12(11)14(17)18/h2-8H,1H2,(H,17,18). The van der Waals surface area contributed by atoms with Gasteiger partial charge in [-0.05, 0) is 17.2 Å². The van der Waals surface area contributed by atoms with Gasteiger partial charge in [0.1, 0.15) is 5.15 Å². The van der Waals surface area contributed by atoms with Gasteiger partial charge in [0, 0.05) is 11.8 Å². The molecule has 2 rings (SSSR count). The van der Waals surface area contributed by atoms with Crippen LogP contribution in [-0.2, 0) is 0 Å². The van der Waals surface area contributed by atoms with Crippen LogP contribution in [0.2, 0.25) is 5.15 Å². The third-order valence-electron chi connectivity index (χ3n) is 2.56. The SMILES string of the molecule is C=Cc1ccc(-c2cc(Cl)ncc2C(=O)O)cc1. The molecule has 1 N–H and O–H groups in total. The molecule has 90 valence electrons. The van der Waals surface area contributed by atoms with Crippen molar-refractivity contribution in [3.8, 4) is 11.1 Å². The van der Waals surface area contributed by atoms with E-state index in [1.807, 2.05) is 24.3 Å². The Morgan fingerprint density at radius 2 is 2.00 bits per heavy atom. The zero-order valence-electron chi connectivity index (χ0n) is 9.43. The quantitative estimate of drug-likeness (QED) is 0.854. The summed E-state index contributed by atoms with van der Waals surface area (Å²) in [4.78, 5) is 14.9. The van der Waals surface area contributed by atoms with Gasteiger partial charge in [-0.2, -0.15) is 0 Å². The molecule has 3 nitrogen and oxygen atoms in total. The van der Waals surface area contributed by atoms with Gasteiger partial charge < -0.3 is 5.11 Å². The smallest absolute Gasteiger partial charge is 0.337 e. The Kier molecular flexibility index (Phi) is 3.44. The number of carboxylic acids is 1. The van der Waals surface area contributed by atoms with E-state index in [2.05, 4.69) is 11.6 Å². The molecule has 0 unspecified atom stereocenters. The van der Waals surface area contributed by atoms with Gasteiger partial charge in [0.2, 0.25) is 0 Å². The molecule has 0 saturated carbocycles. The number of benzene rings is 1. The highest BCUT2D eigenvalue weighted by Gasteiger charge is 2.12. The van der Waals surface area contributed by atoms with Crippen LogP contribution in [0.25, 0.3) is 17.2 Å². The van der Waals surface area contributed by atoms with Gasteiger partial charge in [-0.25, -0.2) is 9.78 Å². The van der Waals surface area contributed by atoms with Crippen molar-refractivity contribution in [2.75, 3.05) is 0 Å². The van der Waals surface area contributed by atoms with Crippen LogP contribution in [0.3, 0.4) is 0 Å². The van der Waals surface area contributed by atoms with Crippen molar-refractivity contribution < 1.29 is 9.90 Å². The number of pyridine rings is 1. The molecular weight excluding hydrogens is 250 g/mol. The maximum Gasteiger partial charge on any atom is 0.337 e. The van der Waals surface area contributed by atoms with Gasteiger partial charge in [0.05, 0.1) is 5.56 Å². The lowest BCUT2D eigenvalue weighted by Gasteiger charge is -2.06. The van der Waals surface area contributed by atoms with Gasteiger partial charge in [-0.3, -0.25) is 0 Å². The molecule has 1 aromatic carbocycles. The second kappa shape index (κ2) is 5.02. The van der Waals surface area contributed by atoms with E-state index >= 15 is 0 Å². The maximum atomic E-state index is 11.1. The summed E-state index contributed by atoms with van der Waals surface area (Å²) in [6.45, 7) is 3.67. The van der Waals surface area contributed by atoms with Crippen molar-refractivity contribution in [3.63, 3.8) is 0 Å². The van der Waals surface area contributed by atoms with E-state index < -0.39 is 5.97 Å². The first-order chi connectivity index (χ1) is 8.61. The zero-order valence-corrected chi connectivity index (χ0v) is 10.2. The van der Waals surface area contributed by atoms with Crippen molar-refractivity contribution >= 4 is 23.6 Å². The third-order valence-corrected chi connectivity index (χ3v) is 2.77. The molecule has 0 radical (unpaired) electrons. The summed E-state index contributed by atoms with van der Waals surface area (Å²) in [6, 6.07) is 8.93. The number of hydrogen-bond acceptors (Lipinski definition) is 2. The van der Waals surface area contributed by atoms with Crippen molar-refractivity contribution in [1.82, 2.24) is 4.98 Å². The second-order valence-electron chi connectivity index (χ2n) is 3.68. The fourth-order valence-corrected chi connectivity index (χ4v) is 1.80. The molecule has 0 saturated heterocycles. The first kappa shape index (κ1) is 12.3. The van der Waals surface area contributed by atoms with Crippen molar-refractivity contribution in [2.24, 2.45) is 0 Å². The Balaban J connectivity index is 2.57. The monoisotopic (exact) mass is 259 g/mol. The minimum absolute atomic E-state index is 0.130. The Hall–Kier alpha value is -2.13. The summed E-state index contributed by atoms with van der Waals surface area (Å²) >= 11 is 5.81. The summed E-state index contributed by atoms with van der Waals surface area (Å²) in [7, 11) is 0. The topological polar surface area (TPSA) is 50.2 Å². The summed E-state index contributed by atoms with van der Waals surface area (Å²) in [5.74, 6) is -1.03. The lowest BCUT2D eigenvalue weighted by molar-refractivity contribution is 0.0697. The highest BCUT2D eigenvalue weighted by atomic mass is 35.5. The van der Waals surface area contributed by atoms with Crippen LogP contribution >= 0.6 is 11.6 Å². The molecule has 4 heteroatoms. The van der Waals surface area contributed by atoms with Gasteiger partial charge in [-0.15, -0.1) is 0 Å². The first-order valence-corrected chi connectivity index (χ1v) is 5.61. The van der Waals surface area contributed by atoms with Crippen LogP contribution in [0, 0.1) is 0 Å². The summed E-state index contributed by atoms with van der Waals surface area (Å²) in [5, 5.41) is 9.39. The van der Waals surface area contributed by atoms with Crippen LogP contribution < -0.4 is 0 Å². The number of halogens is 1. The van der Waals surface area contributed by atoms with Crippen LogP contribution in [0.1, 0.15) is 15.9 Å². The average Bonchev–Trinajstić information content (AvgIpc) is 2.38. The minimum atomic E-state index is -1.03. The van der Waals surface area contributed by atoms with Crippen molar-refractivity contribution in [1.29, 1.82) is 0 Å². The normalized spacial score (nSPS) is 10.1. The lowest BCUT2D eigenvalue weighted by atomic mass is 10.0. The predicted octanol–water partition coefficient (Wildman–Crippen LogP) is 3.74. The predicted molar refractivity (Wildman–Crippen MR) is 71.7 cm³/mol. The fourth-order valence-electron chi connectivity index (χ4n) is 1.64. The first-order valence-electron chi connectivity index (χ1n) is 5.23. The molecular formula is C14H10ClNO2.